The molecule has 0 spiro atoms. The smallest absolute Gasteiger partial charge is 0.216 e. The van der Waals surface area contributed by atoms with E-state index >= 15 is 0 Å². The molecule has 0 atom stereocenters. The molecule has 0 N–H and O–H groups in total. The van der Waals surface area contributed by atoms with Gasteiger partial charge in [0.25, 0.3) is 0 Å². The van der Waals surface area contributed by atoms with Gasteiger partial charge in [0.2, 0.25) is 5.90 Å². The molecule has 0 aromatic heterocycles. The molecule has 1 heterocycles. The molecule has 0 amide bonds. The first-order valence-corrected chi connectivity index (χ1v) is 3.93. The first-order valence-electron chi connectivity index (χ1n) is 3.93. The molecule has 0 bridgehead atoms. The second-order valence-electron chi connectivity index (χ2n) is 2.89. The molecule has 0 saturated carbocycles. The molecule has 1 aliphatic rings. The highest BCUT2D eigenvalue weighted by Crippen LogP contribution is 2.14. The van der Waals surface area contributed by atoms with Crippen molar-refractivity contribution >= 4 is 5.90 Å². The van der Waals surface area contributed by atoms with Crippen LogP contribution in [0.4, 0.5) is 0 Å². The minimum Gasteiger partial charge on any atom is -0.481 e. The quantitative estimate of drug-likeness (QED) is 0.592. The van der Waals surface area contributed by atoms with Gasteiger partial charge in [0.05, 0.1) is 7.11 Å². The van der Waals surface area contributed by atoms with Gasteiger partial charge in [-0.05, 0) is 13.8 Å². The van der Waals surface area contributed by atoms with Crippen molar-refractivity contribution in [2.75, 3.05) is 7.11 Å². The lowest BCUT2D eigenvalue weighted by atomic mass is 10.3. The summed E-state index contributed by atoms with van der Waals surface area (Å²) in [6.45, 7) is 7.99. The Morgan fingerprint density at radius 3 is 2.67 bits per heavy atom. The average Bonchev–Trinajstić information content (AvgIpc) is 2.03. The third-order valence-electron chi connectivity index (χ3n) is 1.68. The zero-order valence-corrected chi connectivity index (χ0v) is 7.74. The Labute approximate surface area is 73.0 Å². The standard InChI is InChI=1S/C9H14N2O/c1-7(2)11-6-5-9(12-4)10-8(11)3/h5-7H,3H2,1-2,4H3. The van der Waals surface area contributed by atoms with Crippen LogP contribution in [0.15, 0.2) is 29.7 Å². The fourth-order valence-electron chi connectivity index (χ4n) is 1.04. The number of methoxy groups -OCH3 is 1. The second kappa shape index (κ2) is 3.43. The summed E-state index contributed by atoms with van der Waals surface area (Å²) in [7, 11) is 1.60. The van der Waals surface area contributed by atoms with E-state index in [2.05, 4.69) is 25.4 Å². The largest absolute Gasteiger partial charge is 0.481 e. The van der Waals surface area contributed by atoms with Gasteiger partial charge in [0, 0.05) is 18.3 Å². The van der Waals surface area contributed by atoms with E-state index in [1.165, 1.54) is 0 Å². The van der Waals surface area contributed by atoms with Crippen molar-refractivity contribution in [1.82, 2.24) is 4.90 Å². The zero-order valence-electron chi connectivity index (χ0n) is 7.74. The fourth-order valence-corrected chi connectivity index (χ4v) is 1.04. The highest BCUT2D eigenvalue weighted by molar-refractivity contribution is 5.89. The summed E-state index contributed by atoms with van der Waals surface area (Å²) in [5.74, 6) is 1.33. The molecule has 0 fully saturated rings. The maximum absolute atomic E-state index is 4.97. The van der Waals surface area contributed by atoms with Gasteiger partial charge in [-0.15, -0.1) is 0 Å². The van der Waals surface area contributed by atoms with Crippen LogP contribution in [0.1, 0.15) is 13.8 Å². The SMILES string of the molecule is C=C1N=C(OC)C=CN1C(C)C. The zero-order chi connectivity index (χ0) is 9.14. The first-order chi connectivity index (χ1) is 5.65. The van der Waals surface area contributed by atoms with Gasteiger partial charge in [-0.2, -0.15) is 4.99 Å². The van der Waals surface area contributed by atoms with E-state index in [0.717, 1.165) is 5.82 Å². The van der Waals surface area contributed by atoms with Gasteiger partial charge in [-0.3, -0.25) is 0 Å². The maximum atomic E-state index is 4.97. The molecule has 0 aliphatic carbocycles. The van der Waals surface area contributed by atoms with Gasteiger partial charge in [-0.25, -0.2) is 0 Å². The van der Waals surface area contributed by atoms with Gasteiger partial charge in [0.15, 0.2) is 0 Å². The van der Waals surface area contributed by atoms with Gasteiger partial charge < -0.3 is 9.64 Å². The topological polar surface area (TPSA) is 24.8 Å². The monoisotopic (exact) mass is 166 g/mol. The summed E-state index contributed by atoms with van der Waals surface area (Å²) >= 11 is 0. The lowest BCUT2D eigenvalue weighted by molar-refractivity contribution is 0.359. The van der Waals surface area contributed by atoms with E-state index in [-0.39, 0.29) is 0 Å². The third-order valence-corrected chi connectivity index (χ3v) is 1.68. The lowest BCUT2D eigenvalue weighted by Gasteiger charge is -2.26. The van der Waals surface area contributed by atoms with Crippen molar-refractivity contribution in [2.45, 2.75) is 19.9 Å². The Morgan fingerprint density at radius 1 is 1.58 bits per heavy atom. The van der Waals surface area contributed by atoms with Crippen molar-refractivity contribution in [3.63, 3.8) is 0 Å². The van der Waals surface area contributed by atoms with E-state index in [1.807, 2.05) is 17.2 Å². The Kier molecular flexibility index (Phi) is 2.53. The molecule has 0 unspecified atom stereocenters. The fraction of sp³-hybridized carbons (Fsp3) is 0.444. The van der Waals surface area contributed by atoms with Crippen molar-refractivity contribution in [3.8, 4) is 0 Å². The summed E-state index contributed by atoms with van der Waals surface area (Å²) in [4.78, 5) is 6.13. The molecule has 0 saturated heterocycles. The van der Waals surface area contributed by atoms with Crippen LogP contribution in [-0.2, 0) is 4.74 Å². The number of hydrogen-bond acceptors (Lipinski definition) is 3. The van der Waals surface area contributed by atoms with Crippen LogP contribution in [0.5, 0.6) is 0 Å². The number of hydrogen-bond donors (Lipinski definition) is 0. The molecular weight excluding hydrogens is 152 g/mol. The van der Waals surface area contributed by atoms with Crippen LogP contribution in [0.25, 0.3) is 0 Å². The molecule has 3 nitrogen and oxygen atoms in total. The van der Waals surface area contributed by atoms with E-state index in [4.69, 9.17) is 4.74 Å². The van der Waals surface area contributed by atoms with Crippen molar-refractivity contribution in [1.29, 1.82) is 0 Å². The second-order valence-corrected chi connectivity index (χ2v) is 2.89. The summed E-state index contributed by atoms with van der Waals surface area (Å²) in [5, 5.41) is 0. The summed E-state index contributed by atoms with van der Waals surface area (Å²) in [5.41, 5.74) is 0. The van der Waals surface area contributed by atoms with Crippen molar-refractivity contribution in [2.24, 2.45) is 4.99 Å². The van der Waals surface area contributed by atoms with Crippen LogP contribution >= 0.6 is 0 Å². The van der Waals surface area contributed by atoms with Crippen LogP contribution in [0.2, 0.25) is 0 Å². The minimum absolute atomic E-state index is 0.385. The normalized spacial score (nSPS) is 16.8. The number of aliphatic imine (C=N–C) groups is 1. The molecule has 0 aromatic rings. The first kappa shape index (κ1) is 8.84. The highest BCUT2D eigenvalue weighted by Gasteiger charge is 2.12. The predicted molar refractivity (Wildman–Crippen MR) is 49.7 cm³/mol. The third kappa shape index (κ3) is 1.67. The molecule has 3 heteroatoms. The average molecular weight is 166 g/mol. The van der Waals surface area contributed by atoms with Crippen LogP contribution in [-0.4, -0.2) is 23.9 Å². The van der Waals surface area contributed by atoms with Gasteiger partial charge >= 0.3 is 0 Å². The van der Waals surface area contributed by atoms with Crippen molar-refractivity contribution in [3.05, 3.63) is 24.7 Å². The van der Waals surface area contributed by atoms with Gasteiger partial charge in [-0.1, -0.05) is 6.58 Å². The van der Waals surface area contributed by atoms with Crippen LogP contribution < -0.4 is 0 Å². The maximum Gasteiger partial charge on any atom is 0.216 e. The van der Waals surface area contributed by atoms with Crippen molar-refractivity contribution < 1.29 is 4.74 Å². The lowest BCUT2D eigenvalue weighted by Crippen LogP contribution is -2.26. The highest BCUT2D eigenvalue weighted by atomic mass is 16.5. The molecule has 0 radical (unpaired) electrons. The van der Waals surface area contributed by atoms with Crippen LogP contribution in [0.3, 0.4) is 0 Å². The Bertz CT molecular complexity index is 241. The molecule has 1 aliphatic heterocycles. The molecule has 1 rings (SSSR count). The van der Waals surface area contributed by atoms with E-state index in [9.17, 15) is 0 Å². The summed E-state index contributed by atoms with van der Waals surface area (Å²) in [6, 6.07) is 0.385. The number of nitrogens with zero attached hydrogens (tertiary/aromatic N) is 2. The Morgan fingerprint density at radius 2 is 2.25 bits per heavy atom. The van der Waals surface area contributed by atoms with Crippen LogP contribution in [0, 0.1) is 0 Å². The molecule has 66 valence electrons. The Balaban J connectivity index is 2.75. The van der Waals surface area contributed by atoms with E-state index in [0.29, 0.717) is 11.9 Å². The number of rotatable bonds is 1. The summed E-state index contributed by atoms with van der Waals surface area (Å²) in [6.07, 6.45) is 3.76. The van der Waals surface area contributed by atoms with Gasteiger partial charge in [0.1, 0.15) is 5.82 Å². The predicted octanol–water partition coefficient (Wildman–Crippen LogP) is 1.74. The van der Waals surface area contributed by atoms with E-state index < -0.39 is 0 Å². The molecule has 12 heavy (non-hydrogen) atoms. The minimum atomic E-state index is 0.385. The Hall–Kier alpha value is -1.25. The molecule has 0 aromatic carbocycles. The molecular formula is C9H14N2O. The summed E-state index contributed by atoms with van der Waals surface area (Å²) < 4.78 is 4.97. The number of ether oxygens (including phenoxy) is 1. The van der Waals surface area contributed by atoms with E-state index in [1.54, 1.807) is 7.11 Å².